The minimum Gasteiger partial charge on any atom is -0.392 e. The molecule has 16 heavy (non-hydrogen) atoms. The van der Waals surface area contributed by atoms with Gasteiger partial charge in [0.05, 0.1) is 4.99 Å². The topological polar surface area (TPSA) is 72.6 Å². The third-order valence-corrected chi connectivity index (χ3v) is 5.10. The van der Waals surface area contributed by atoms with E-state index >= 15 is 0 Å². The Bertz CT molecular complexity index is 317. The van der Waals surface area contributed by atoms with Gasteiger partial charge in [-0.1, -0.05) is 19.1 Å². The summed E-state index contributed by atoms with van der Waals surface area (Å²) in [5.41, 5.74) is 5.43. The highest BCUT2D eigenvalue weighted by molar-refractivity contribution is 7.92. The Morgan fingerprint density at radius 2 is 2.12 bits per heavy atom. The first-order valence-electron chi connectivity index (χ1n) is 5.11. The SMILES string of the molecule is CCC(C(N)=S)S(=O)(=O)N(C)CCCOC. The van der Waals surface area contributed by atoms with Crippen LogP contribution in [0.2, 0.25) is 0 Å². The number of ether oxygens (including phenoxy) is 1. The van der Waals surface area contributed by atoms with Crippen LogP contribution in [0.4, 0.5) is 0 Å². The lowest BCUT2D eigenvalue weighted by molar-refractivity contribution is 0.189. The van der Waals surface area contributed by atoms with Gasteiger partial charge >= 0.3 is 0 Å². The Kier molecular flexibility index (Phi) is 7.05. The zero-order valence-electron chi connectivity index (χ0n) is 9.97. The molecule has 0 saturated carbocycles. The fourth-order valence-corrected chi connectivity index (χ4v) is 3.40. The molecular formula is C9H20N2O3S2. The van der Waals surface area contributed by atoms with E-state index in [0.717, 1.165) is 0 Å². The van der Waals surface area contributed by atoms with Crippen LogP contribution in [0.3, 0.4) is 0 Å². The average molecular weight is 268 g/mol. The molecule has 1 unspecified atom stereocenters. The lowest BCUT2D eigenvalue weighted by atomic mass is 10.3. The van der Waals surface area contributed by atoms with Crippen LogP contribution in [0.1, 0.15) is 19.8 Å². The van der Waals surface area contributed by atoms with Gasteiger partial charge in [-0.3, -0.25) is 0 Å². The molecule has 0 fully saturated rings. The molecule has 1 atom stereocenters. The van der Waals surface area contributed by atoms with Gasteiger partial charge in [-0.2, -0.15) is 0 Å². The normalized spacial score (nSPS) is 14.0. The predicted octanol–water partition coefficient (Wildman–Crippen LogP) is 0.349. The van der Waals surface area contributed by atoms with Gasteiger partial charge in [-0.05, 0) is 12.8 Å². The average Bonchev–Trinajstić information content (AvgIpc) is 2.17. The van der Waals surface area contributed by atoms with Crippen LogP contribution in [0.5, 0.6) is 0 Å². The van der Waals surface area contributed by atoms with E-state index in [-0.39, 0.29) is 4.99 Å². The van der Waals surface area contributed by atoms with Crippen LogP contribution in [0, 0.1) is 0 Å². The smallest absolute Gasteiger partial charge is 0.223 e. The summed E-state index contributed by atoms with van der Waals surface area (Å²) in [6.07, 6.45) is 1.05. The number of thiocarbonyl (C=S) groups is 1. The van der Waals surface area contributed by atoms with Crippen LogP contribution in [0.25, 0.3) is 0 Å². The Labute approximate surface area is 103 Å². The van der Waals surface area contributed by atoms with Crippen molar-refractivity contribution >= 4 is 27.2 Å². The molecule has 96 valence electrons. The van der Waals surface area contributed by atoms with E-state index in [1.165, 1.54) is 11.4 Å². The molecule has 0 heterocycles. The summed E-state index contributed by atoms with van der Waals surface area (Å²) < 4.78 is 30.2. The van der Waals surface area contributed by atoms with Gasteiger partial charge in [0.1, 0.15) is 5.25 Å². The lowest BCUT2D eigenvalue weighted by Crippen LogP contribution is -2.43. The fourth-order valence-electron chi connectivity index (χ4n) is 1.33. The molecule has 0 saturated heterocycles. The van der Waals surface area contributed by atoms with Crippen molar-refractivity contribution in [2.75, 3.05) is 27.3 Å². The number of hydrogen-bond donors (Lipinski definition) is 1. The van der Waals surface area contributed by atoms with Crippen molar-refractivity contribution in [3.8, 4) is 0 Å². The Morgan fingerprint density at radius 1 is 1.56 bits per heavy atom. The summed E-state index contributed by atoms with van der Waals surface area (Å²) in [6.45, 7) is 2.70. The standard InChI is InChI=1S/C9H20N2O3S2/c1-4-8(9(10)15)16(12,13)11(2)6-5-7-14-3/h8H,4-7H2,1-3H3,(H2,10,15). The number of hydrogen-bond acceptors (Lipinski definition) is 4. The number of nitrogens with zero attached hydrogens (tertiary/aromatic N) is 1. The Balaban J connectivity index is 4.57. The van der Waals surface area contributed by atoms with Gasteiger partial charge in [0.2, 0.25) is 10.0 Å². The van der Waals surface area contributed by atoms with E-state index in [2.05, 4.69) is 0 Å². The van der Waals surface area contributed by atoms with Crippen molar-refractivity contribution in [2.45, 2.75) is 25.0 Å². The summed E-state index contributed by atoms with van der Waals surface area (Å²) in [5.74, 6) is 0. The maximum absolute atomic E-state index is 12.0. The van der Waals surface area contributed by atoms with Crippen LogP contribution in [0.15, 0.2) is 0 Å². The maximum Gasteiger partial charge on any atom is 0.223 e. The third kappa shape index (κ3) is 4.32. The molecule has 0 aromatic rings. The second-order valence-electron chi connectivity index (χ2n) is 3.51. The highest BCUT2D eigenvalue weighted by atomic mass is 32.2. The van der Waals surface area contributed by atoms with Crippen molar-refractivity contribution in [1.29, 1.82) is 0 Å². The number of sulfonamides is 1. The number of nitrogens with two attached hydrogens (primary N) is 1. The van der Waals surface area contributed by atoms with E-state index < -0.39 is 15.3 Å². The van der Waals surface area contributed by atoms with Crippen LogP contribution >= 0.6 is 12.2 Å². The molecule has 0 aliphatic heterocycles. The van der Waals surface area contributed by atoms with Crippen LogP contribution < -0.4 is 5.73 Å². The minimum atomic E-state index is -3.42. The molecule has 0 aromatic carbocycles. The van der Waals surface area contributed by atoms with E-state index in [1.807, 2.05) is 0 Å². The van der Waals surface area contributed by atoms with Crippen molar-refractivity contribution in [1.82, 2.24) is 4.31 Å². The molecule has 0 aromatic heterocycles. The quantitative estimate of drug-likeness (QED) is 0.508. The predicted molar refractivity (Wildman–Crippen MR) is 68.9 cm³/mol. The summed E-state index contributed by atoms with van der Waals surface area (Å²) in [6, 6.07) is 0. The van der Waals surface area contributed by atoms with Gasteiger partial charge in [0.25, 0.3) is 0 Å². The molecule has 0 aliphatic carbocycles. The Morgan fingerprint density at radius 3 is 2.50 bits per heavy atom. The van der Waals surface area contributed by atoms with Crippen molar-refractivity contribution in [3.05, 3.63) is 0 Å². The van der Waals surface area contributed by atoms with E-state index in [4.69, 9.17) is 22.7 Å². The lowest BCUT2D eigenvalue weighted by Gasteiger charge is -2.22. The van der Waals surface area contributed by atoms with Gasteiger partial charge < -0.3 is 10.5 Å². The van der Waals surface area contributed by atoms with Crippen molar-refractivity contribution in [2.24, 2.45) is 5.73 Å². The Hall–Kier alpha value is -0.240. The van der Waals surface area contributed by atoms with Crippen LogP contribution in [-0.4, -0.2) is 50.3 Å². The molecule has 0 spiro atoms. The molecule has 5 nitrogen and oxygen atoms in total. The molecular weight excluding hydrogens is 248 g/mol. The zero-order chi connectivity index (χ0) is 12.8. The minimum absolute atomic E-state index is 0.0288. The van der Waals surface area contributed by atoms with Crippen molar-refractivity contribution < 1.29 is 13.2 Å². The van der Waals surface area contributed by atoms with Gasteiger partial charge in [-0.15, -0.1) is 0 Å². The first kappa shape index (κ1) is 15.8. The number of rotatable bonds is 8. The third-order valence-electron chi connectivity index (χ3n) is 2.30. The van der Waals surface area contributed by atoms with E-state index in [1.54, 1.807) is 14.0 Å². The summed E-state index contributed by atoms with van der Waals surface area (Å²) >= 11 is 4.77. The molecule has 2 N–H and O–H groups in total. The summed E-state index contributed by atoms with van der Waals surface area (Å²) in [4.78, 5) is 0.0288. The van der Waals surface area contributed by atoms with E-state index in [9.17, 15) is 8.42 Å². The highest BCUT2D eigenvalue weighted by Gasteiger charge is 2.30. The van der Waals surface area contributed by atoms with Crippen LogP contribution in [-0.2, 0) is 14.8 Å². The molecule has 0 amide bonds. The first-order chi connectivity index (χ1) is 7.37. The van der Waals surface area contributed by atoms with Gasteiger partial charge in [0.15, 0.2) is 0 Å². The van der Waals surface area contributed by atoms with Gasteiger partial charge in [-0.25, -0.2) is 12.7 Å². The first-order valence-corrected chi connectivity index (χ1v) is 7.02. The molecule has 7 heteroatoms. The maximum atomic E-state index is 12.0. The second kappa shape index (κ2) is 7.16. The van der Waals surface area contributed by atoms with E-state index in [0.29, 0.717) is 26.0 Å². The fraction of sp³-hybridized carbons (Fsp3) is 0.889. The highest BCUT2D eigenvalue weighted by Crippen LogP contribution is 2.11. The monoisotopic (exact) mass is 268 g/mol. The summed E-state index contributed by atoms with van der Waals surface area (Å²) in [7, 11) is -0.304. The second-order valence-corrected chi connectivity index (χ2v) is 6.21. The molecule has 0 radical (unpaired) electrons. The van der Waals surface area contributed by atoms with Crippen molar-refractivity contribution in [3.63, 3.8) is 0 Å². The largest absolute Gasteiger partial charge is 0.392 e. The van der Waals surface area contributed by atoms with Gasteiger partial charge in [0, 0.05) is 27.3 Å². The molecule has 0 bridgehead atoms. The molecule has 0 rings (SSSR count). The number of methoxy groups -OCH3 is 1. The molecule has 0 aliphatic rings. The summed E-state index contributed by atoms with van der Waals surface area (Å²) in [5, 5.41) is -0.768. The zero-order valence-corrected chi connectivity index (χ0v) is 11.6.